The molecule has 2 aromatic rings. The van der Waals surface area contributed by atoms with E-state index in [1.54, 1.807) is 23.0 Å². The first kappa shape index (κ1) is 15.9. The Balaban J connectivity index is 1.48. The van der Waals surface area contributed by atoms with E-state index in [0.717, 1.165) is 37.2 Å². The number of nitrogens with one attached hydrogen (secondary N) is 2. The minimum absolute atomic E-state index is 0.237. The van der Waals surface area contributed by atoms with Crippen molar-refractivity contribution in [1.29, 1.82) is 0 Å². The molecule has 1 aromatic carbocycles. The predicted octanol–water partition coefficient (Wildman–Crippen LogP) is 2.54. The first-order valence-electron chi connectivity index (χ1n) is 7.62. The van der Waals surface area contributed by atoms with E-state index in [9.17, 15) is 4.39 Å². The highest BCUT2D eigenvalue weighted by atomic mass is 32.1. The molecule has 2 heterocycles. The number of ether oxygens (including phenoxy) is 1. The Morgan fingerprint density at radius 1 is 1.39 bits per heavy atom. The van der Waals surface area contributed by atoms with Gasteiger partial charge in [0, 0.05) is 19.3 Å². The Hall–Kier alpha value is -1.99. The van der Waals surface area contributed by atoms with E-state index in [1.165, 1.54) is 12.1 Å². The zero-order chi connectivity index (χ0) is 16.1. The number of rotatable bonds is 5. The highest BCUT2D eigenvalue weighted by molar-refractivity contribution is 7.80. The molecule has 1 aliphatic rings. The van der Waals surface area contributed by atoms with Crippen LogP contribution in [0.25, 0.3) is 0 Å². The molecular formula is C16H19FN4OS. The molecule has 1 atom stereocenters. The molecule has 0 aliphatic carbocycles. The summed E-state index contributed by atoms with van der Waals surface area (Å²) >= 11 is 5.27. The van der Waals surface area contributed by atoms with E-state index in [-0.39, 0.29) is 11.9 Å². The van der Waals surface area contributed by atoms with Crippen molar-refractivity contribution in [3.8, 4) is 0 Å². The van der Waals surface area contributed by atoms with Gasteiger partial charge in [-0.1, -0.05) is 12.1 Å². The second kappa shape index (κ2) is 7.52. The van der Waals surface area contributed by atoms with Crippen molar-refractivity contribution in [1.82, 2.24) is 15.1 Å². The van der Waals surface area contributed by atoms with Crippen LogP contribution in [0.3, 0.4) is 0 Å². The lowest BCUT2D eigenvalue weighted by Crippen LogP contribution is -2.34. The molecule has 122 valence electrons. The van der Waals surface area contributed by atoms with Gasteiger partial charge in [-0.15, -0.1) is 0 Å². The van der Waals surface area contributed by atoms with E-state index in [0.29, 0.717) is 11.7 Å². The average Bonchev–Trinajstić information content (AvgIpc) is 3.20. The van der Waals surface area contributed by atoms with Gasteiger partial charge in [-0.2, -0.15) is 5.10 Å². The largest absolute Gasteiger partial charge is 0.376 e. The SMILES string of the molecule is Fc1ccc(Cn2cc(NC(=S)NCC3CCCO3)cn2)cc1. The van der Waals surface area contributed by atoms with Gasteiger partial charge in [0.25, 0.3) is 0 Å². The van der Waals surface area contributed by atoms with Crippen LogP contribution < -0.4 is 10.6 Å². The highest BCUT2D eigenvalue weighted by Crippen LogP contribution is 2.11. The van der Waals surface area contributed by atoms with Gasteiger partial charge in [-0.25, -0.2) is 4.39 Å². The molecule has 1 saturated heterocycles. The Morgan fingerprint density at radius 3 is 2.96 bits per heavy atom. The average molecular weight is 334 g/mol. The summed E-state index contributed by atoms with van der Waals surface area (Å²) in [4.78, 5) is 0. The number of thiocarbonyl (C=S) groups is 1. The second-order valence-corrected chi connectivity index (χ2v) is 5.93. The van der Waals surface area contributed by atoms with Gasteiger partial charge >= 0.3 is 0 Å². The van der Waals surface area contributed by atoms with E-state index in [2.05, 4.69) is 15.7 Å². The molecular weight excluding hydrogens is 315 g/mol. The van der Waals surface area contributed by atoms with Gasteiger partial charge in [-0.05, 0) is 42.8 Å². The minimum Gasteiger partial charge on any atom is -0.376 e. The van der Waals surface area contributed by atoms with Crippen LogP contribution in [0, 0.1) is 5.82 Å². The molecule has 1 aromatic heterocycles. The van der Waals surface area contributed by atoms with E-state index < -0.39 is 0 Å². The monoisotopic (exact) mass is 334 g/mol. The summed E-state index contributed by atoms with van der Waals surface area (Å²) in [5, 5.41) is 11.1. The molecule has 0 amide bonds. The van der Waals surface area contributed by atoms with E-state index >= 15 is 0 Å². The van der Waals surface area contributed by atoms with Crippen molar-refractivity contribution in [2.75, 3.05) is 18.5 Å². The lowest BCUT2D eigenvalue weighted by Gasteiger charge is -2.13. The number of nitrogens with zero attached hydrogens (tertiary/aromatic N) is 2. The summed E-state index contributed by atoms with van der Waals surface area (Å²) in [5.74, 6) is -0.237. The first-order chi connectivity index (χ1) is 11.2. The molecule has 23 heavy (non-hydrogen) atoms. The quantitative estimate of drug-likeness (QED) is 0.823. The highest BCUT2D eigenvalue weighted by Gasteiger charge is 2.15. The Kier molecular flexibility index (Phi) is 5.19. The second-order valence-electron chi connectivity index (χ2n) is 5.52. The number of benzene rings is 1. The summed E-state index contributed by atoms with van der Waals surface area (Å²) in [6.45, 7) is 2.14. The fraction of sp³-hybridized carbons (Fsp3) is 0.375. The van der Waals surface area contributed by atoms with Crippen LogP contribution in [0.1, 0.15) is 18.4 Å². The van der Waals surface area contributed by atoms with Crippen molar-refractivity contribution in [3.05, 3.63) is 48.0 Å². The van der Waals surface area contributed by atoms with Crippen molar-refractivity contribution in [3.63, 3.8) is 0 Å². The maximum atomic E-state index is 12.9. The van der Waals surface area contributed by atoms with Gasteiger partial charge in [0.1, 0.15) is 5.82 Å². The Labute approximate surface area is 139 Å². The van der Waals surface area contributed by atoms with Gasteiger partial charge < -0.3 is 15.4 Å². The van der Waals surface area contributed by atoms with Crippen LogP contribution in [0.2, 0.25) is 0 Å². The Bertz CT molecular complexity index is 652. The molecule has 0 radical (unpaired) electrons. The fourth-order valence-electron chi connectivity index (χ4n) is 2.48. The molecule has 0 spiro atoms. The number of hydrogen-bond acceptors (Lipinski definition) is 3. The third-order valence-electron chi connectivity index (χ3n) is 3.66. The van der Waals surface area contributed by atoms with Gasteiger partial charge in [0.05, 0.1) is 24.5 Å². The summed E-state index contributed by atoms with van der Waals surface area (Å²) < 4.78 is 20.2. The molecule has 2 N–H and O–H groups in total. The van der Waals surface area contributed by atoms with Crippen LogP contribution in [0.5, 0.6) is 0 Å². The molecule has 1 fully saturated rings. The smallest absolute Gasteiger partial charge is 0.170 e. The standard InChI is InChI=1S/C16H19FN4OS/c17-13-5-3-12(4-6-13)10-21-11-14(8-19-21)20-16(23)18-9-15-2-1-7-22-15/h3-6,8,11,15H,1-2,7,9-10H2,(H2,18,20,23). The fourth-order valence-corrected chi connectivity index (χ4v) is 2.68. The Morgan fingerprint density at radius 2 is 2.22 bits per heavy atom. The zero-order valence-electron chi connectivity index (χ0n) is 12.7. The number of hydrogen-bond donors (Lipinski definition) is 2. The molecule has 1 unspecified atom stereocenters. The maximum absolute atomic E-state index is 12.9. The van der Waals surface area contributed by atoms with Crippen molar-refractivity contribution in [2.24, 2.45) is 0 Å². The molecule has 0 saturated carbocycles. The van der Waals surface area contributed by atoms with Crippen LogP contribution >= 0.6 is 12.2 Å². The molecule has 1 aliphatic heterocycles. The van der Waals surface area contributed by atoms with Crippen molar-refractivity contribution < 1.29 is 9.13 Å². The lowest BCUT2D eigenvalue weighted by atomic mass is 10.2. The molecule has 7 heteroatoms. The lowest BCUT2D eigenvalue weighted by molar-refractivity contribution is 0.114. The summed E-state index contributed by atoms with van der Waals surface area (Å²) in [6.07, 6.45) is 6.01. The molecule has 3 rings (SSSR count). The van der Waals surface area contributed by atoms with Gasteiger partial charge in [0.15, 0.2) is 5.11 Å². The number of aromatic nitrogens is 2. The van der Waals surface area contributed by atoms with Crippen LogP contribution in [0.15, 0.2) is 36.7 Å². The van der Waals surface area contributed by atoms with Crippen LogP contribution in [0.4, 0.5) is 10.1 Å². The van der Waals surface area contributed by atoms with E-state index in [4.69, 9.17) is 17.0 Å². The third kappa shape index (κ3) is 4.74. The summed E-state index contributed by atoms with van der Waals surface area (Å²) in [5.41, 5.74) is 1.80. The topological polar surface area (TPSA) is 51.1 Å². The zero-order valence-corrected chi connectivity index (χ0v) is 13.5. The maximum Gasteiger partial charge on any atom is 0.170 e. The van der Waals surface area contributed by atoms with Crippen molar-refractivity contribution >= 4 is 23.0 Å². The van der Waals surface area contributed by atoms with Crippen LogP contribution in [-0.2, 0) is 11.3 Å². The van der Waals surface area contributed by atoms with E-state index in [1.807, 2.05) is 6.20 Å². The summed E-state index contributed by atoms with van der Waals surface area (Å²) in [7, 11) is 0. The first-order valence-corrected chi connectivity index (χ1v) is 8.03. The van der Waals surface area contributed by atoms with Crippen molar-refractivity contribution in [2.45, 2.75) is 25.5 Å². The summed E-state index contributed by atoms with van der Waals surface area (Å²) in [6, 6.07) is 6.39. The normalized spacial score (nSPS) is 17.2. The van der Waals surface area contributed by atoms with Gasteiger partial charge in [-0.3, -0.25) is 4.68 Å². The third-order valence-corrected chi connectivity index (χ3v) is 3.91. The number of anilines is 1. The van der Waals surface area contributed by atoms with Crippen LogP contribution in [-0.4, -0.2) is 34.1 Å². The number of halogens is 1. The molecule has 0 bridgehead atoms. The molecule has 5 nitrogen and oxygen atoms in total. The van der Waals surface area contributed by atoms with Gasteiger partial charge in [0.2, 0.25) is 0 Å². The minimum atomic E-state index is -0.237. The predicted molar refractivity (Wildman–Crippen MR) is 90.9 cm³/mol.